The molecule has 0 spiro atoms. The van der Waals surface area contributed by atoms with E-state index in [2.05, 4.69) is 0 Å². The topological polar surface area (TPSA) is 132 Å². The van der Waals surface area contributed by atoms with E-state index in [4.69, 9.17) is 20.4 Å². The first kappa shape index (κ1) is 11.8. The Labute approximate surface area is 85.2 Å². The fourth-order valence-electron chi connectivity index (χ4n) is 1.88. The molecule has 1 aliphatic carbocycles. The lowest BCUT2D eigenvalue weighted by Crippen LogP contribution is -2.52. The third kappa shape index (κ3) is 1.79. The Balaban J connectivity index is 0.000000337. The summed E-state index contributed by atoms with van der Waals surface area (Å²) < 4.78 is 22.4. The van der Waals surface area contributed by atoms with Crippen molar-refractivity contribution in [3.05, 3.63) is 0 Å². The van der Waals surface area contributed by atoms with Gasteiger partial charge in [0.25, 0.3) is 0 Å². The molecule has 1 heterocycles. The van der Waals surface area contributed by atoms with Crippen LogP contribution in [0.4, 0.5) is 0 Å². The van der Waals surface area contributed by atoms with Crippen LogP contribution >= 0.6 is 0 Å². The van der Waals surface area contributed by atoms with E-state index in [1.165, 1.54) is 0 Å². The summed E-state index contributed by atoms with van der Waals surface area (Å²) in [5, 5.41) is 8.24. The molecule has 1 aliphatic heterocycles. The molecule has 1 saturated carbocycles. The second kappa shape index (κ2) is 3.41. The number of carboxylic acids is 1. The van der Waals surface area contributed by atoms with Gasteiger partial charge in [-0.3, -0.25) is 4.79 Å². The molecule has 0 aromatic carbocycles. The van der Waals surface area contributed by atoms with Gasteiger partial charge in [0.1, 0.15) is 5.54 Å². The molecule has 0 amide bonds. The summed E-state index contributed by atoms with van der Waals surface area (Å²) in [5.41, 5.74) is 3.97. The van der Waals surface area contributed by atoms with Gasteiger partial charge in [-0.2, -0.15) is 9.59 Å². The van der Waals surface area contributed by atoms with Gasteiger partial charge >= 0.3 is 12.1 Å². The summed E-state index contributed by atoms with van der Waals surface area (Å²) in [6, 6.07) is 0. The number of carboxylic acid groups (broad SMARTS) is 1. The second-order valence-corrected chi connectivity index (χ2v) is 5.84. The summed E-state index contributed by atoms with van der Waals surface area (Å²) in [6.45, 7) is 0. The summed E-state index contributed by atoms with van der Waals surface area (Å²) in [4.78, 5) is 26.9. The second-order valence-electron chi connectivity index (χ2n) is 3.62. The minimum Gasteiger partial charge on any atom is -0.480 e. The number of aliphatic carboxylic acids is 1. The highest BCUT2D eigenvalue weighted by Crippen LogP contribution is 2.51. The highest BCUT2D eigenvalue weighted by molar-refractivity contribution is 7.92. The van der Waals surface area contributed by atoms with Crippen molar-refractivity contribution in [1.29, 1.82) is 0 Å². The van der Waals surface area contributed by atoms with Crippen LogP contribution in [0.3, 0.4) is 0 Å². The van der Waals surface area contributed by atoms with Crippen LogP contribution in [0.15, 0.2) is 0 Å². The van der Waals surface area contributed by atoms with Gasteiger partial charge in [-0.15, -0.1) is 0 Å². The van der Waals surface area contributed by atoms with E-state index in [0.717, 1.165) is 0 Å². The molecule has 84 valence electrons. The van der Waals surface area contributed by atoms with Gasteiger partial charge in [0.15, 0.2) is 9.84 Å². The van der Waals surface area contributed by atoms with Crippen molar-refractivity contribution < 1.29 is 27.9 Å². The molecule has 0 radical (unpaired) electrons. The van der Waals surface area contributed by atoms with Gasteiger partial charge in [-0.1, -0.05) is 0 Å². The van der Waals surface area contributed by atoms with Gasteiger partial charge in [0.2, 0.25) is 0 Å². The molecule has 2 rings (SSSR count). The van der Waals surface area contributed by atoms with Crippen molar-refractivity contribution in [3.8, 4) is 0 Å². The molecule has 0 aromatic heterocycles. The maximum atomic E-state index is 11.2. The monoisotopic (exact) mass is 235 g/mol. The zero-order valence-electron chi connectivity index (χ0n) is 7.54. The lowest BCUT2D eigenvalue weighted by molar-refractivity contribution is -0.191. The average molecular weight is 235 g/mol. The quantitative estimate of drug-likeness (QED) is 0.537. The van der Waals surface area contributed by atoms with E-state index in [0.29, 0.717) is 6.42 Å². The lowest BCUT2D eigenvalue weighted by atomic mass is 9.98. The molecular weight excluding hydrogens is 226 g/mol. The minimum atomic E-state index is -3.21. The number of fused-ring (bicyclic) bond motifs is 1. The van der Waals surface area contributed by atoms with Crippen molar-refractivity contribution in [2.24, 2.45) is 11.7 Å². The molecule has 2 aliphatic rings. The highest BCUT2D eigenvalue weighted by atomic mass is 32.2. The number of carbonyl (C=O) groups is 1. The first-order valence-corrected chi connectivity index (χ1v) is 5.74. The standard InChI is InChI=1S/C6H9NO4S.CO2/c7-6(5(8)9)2-12(10,11)4-1-3(4)6;2-1-3/h3-4H,1-2,7H2,(H,8,9);/t3-,4+,6+;/m1./s1. The van der Waals surface area contributed by atoms with Crippen molar-refractivity contribution in [3.63, 3.8) is 0 Å². The maximum absolute atomic E-state index is 11.2. The number of nitrogens with two attached hydrogens (primary N) is 1. The molecule has 0 aromatic rings. The van der Waals surface area contributed by atoms with E-state index >= 15 is 0 Å². The van der Waals surface area contributed by atoms with Crippen LogP contribution in [0.1, 0.15) is 6.42 Å². The molecule has 2 fully saturated rings. The van der Waals surface area contributed by atoms with Crippen molar-refractivity contribution in [2.45, 2.75) is 17.2 Å². The summed E-state index contributed by atoms with van der Waals surface area (Å²) in [6.07, 6.45) is 0.672. The summed E-state index contributed by atoms with van der Waals surface area (Å²) in [5.74, 6) is -1.94. The Morgan fingerprint density at radius 1 is 1.47 bits per heavy atom. The Hall–Kier alpha value is -1.24. The number of carbonyl (C=O) groups excluding carboxylic acids is 2. The van der Waals surface area contributed by atoms with Crippen LogP contribution in [0.5, 0.6) is 0 Å². The zero-order valence-corrected chi connectivity index (χ0v) is 8.36. The minimum absolute atomic E-state index is 0.250. The fourth-order valence-corrected chi connectivity index (χ4v) is 4.34. The molecule has 15 heavy (non-hydrogen) atoms. The van der Waals surface area contributed by atoms with Crippen LogP contribution in [0, 0.1) is 5.92 Å². The number of sulfone groups is 1. The molecule has 1 saturated heterocycles. The van der Waals surface area contributed by atoms with Crippen molar-refractivity contribution in [2.75, 3.05) is 5.75 Å². The SMILES string of the molecule is N[C@@]1(C(=O)O)CS(=O)(=O)[C@H]2C[C@H]21.O=C=O. The van der Waals surface area contributed by atoms with E-state index in [-0.39, 0.29) is 12.1 Å². The van der Waals surface area contributed by atoms with Gasteiger partial charge in [0.05, 0.1) is 11.0 Å². The van der Waals surface area contributed by atoms with E-state index in [1.54, 1.807) is 0 Å². The molecule has 8 heteroatoms. The Bertz CT molecular complexity index is 423. The van der Waals surface area contributed by atoms with Crippen LogP contribution < -0.4 is 5.73 Å². The molecule has 3 N–H and O–H groups in total. The molecule has 3 atom stereocenters. The fraction of sp³-hybridized carbons (Fsp3) is 0.714. The summed E-state index contributed by atoms with van der Waals surface area (Å²) >= 11 is 0. The predicted octanol–water partition coefficient (Wildman–Crippen LogP) is -2.00. The molecule has 7 nitrogen and oxygen atoms in total. The normalized spacial score (nSPS) is 39.3. The van der Waals surface area contributed by atoms with Gasteiger partial charge in [-0.05, 0) is 6.42 Å². The first-order valence-electron chi connectivity index (χ1n) is 4.02. The summed E-state index contributed by atoms with van der Waals surface area (Å²) in [7, 11) is -3.21. The van der Waals surface area contributed by atoms with Crippen LogP contribution in [0.25, 0.3) is 0 Å². The number of hydrogen-bond donors (Lipinski definition) is 2. The van der Waals surface area contributed by atoms with E-state index in [9.17, 15) is 13.2 Å². The lowest BCUT2D eigenvalue weighted by Gasteiger charge is -2.18. The third-order valence-corrected chi connectivity index (χ3v) is 5.02. The smallest absolute Gasteiger partial charge is 0.373 e. The third-order valence-electron chi connectivity index (χ3n) is 2.69. The first-order chi connectivity index (χ1) is 6.79. The van der Waals surface area contributed by atoms with Crippen LogP contribution in [-0.4, -0.2) is 42.2 Å². The van der Waals surface area contributed by atoms with Crippen LogP contribution in [-0.2, 0) is 24.2 Å². The van der Waals surface area contributed by atoms with Crippen molar-refractivity contribution >= 4 is 22.0 Å². The van der Waals surface area contributed by atoms with Crippen LogP contribution in [0.2, 0.25) is 0 Å². The van der Waals surface area contributed by atoms with Crippen molar-refractivity contribution in [1.82, 2.24) is 0 Å². The maximum Gasteiger partial charge on any atom is 0.373 e. The Morgan fingerprint density at radius 3 is 2.07 bits per heavy atom. The molecular formula is C7H9NO6S. The zero-order chi connectivity index (χ0) is 11.9. The largest absolute Gasteiger partial charge is 0.480 e. The van der Waals surface area contributed by atoms with E-state index < -0.39 is 32.3 Å². The van der Waals surface area contributed by atoms with E-state index in [1.807, 2.05) is 0 Å². The Kier molecular flexibility index (Phi) is 2.69. The predicted molar refractivity (Wildman–Crippen MR) is 45.2 cm³/mol. The van der Waals surface area contributed by atoms with Gasteiger partial charge in [0, 0.05) is 5.92 Å². The van der Waals surface area contributed by atoms with Gasteiger partial charge < -0.3 is 10.8 Å². The Morgan fingerprint density at radius 2 is 1.93 bits per heavy atom. The number of hydrogen-bond acceptors (Lipinski definition) is 6. The number of rotatable bonds is 1. The average Bonchev–Trinajstić information content (AvgIpc) is 2.79. The van der Waals surface area contributed by atoms with Gasteiger partial charge in [-0.25, -0.2) is 8.42 Å². The molecule has 0 bridgehead atoms. The highest BCUT2D eigenvalue weighted by Gasteiger charge is 2.68. The molecule has 0 unspecified atom stereocenters.